The van der Waals surface area contributed by atoms with E-state index in [-0.39, 0.29) is 18.7 Å². The molecule has 0 spiro atoms. The molecular formula is C25H33N3O4. The van der Waals surface area contributed by atoms with Crippen molar-refractivity contribution in [3.05, 3.63) is 59.8 Å². The Kier molecular flexibility index (Phi) is 7.72. The highest BCUT2D eigenvalue weighted by atomic mass is 16.6. The Morgan fingerprint density at radius 1 is 1.16 bits per heavy atom. The van der Waals surface area contributed by atoms with E-state index in [1.165, 1.54) is 0 Å². The molecule has 3 rings (SSSR count). The number of carbonyl (C=O) groups excluding carboxylic acids is 2. The van der Waals surface area contributed by atoms with Gasteiger partial charge in [-0.2, -0.15) is 0 Å². The van der Waals surface area contributed by atoms with E-state index in [1.54, 1.807) is 16.0 Å². The molecule has 0 unspecified atom stereocenters. The van der Waals surface area contributed by atoms with Crippen LogP contribution in [-0.2, 0) is 16.1 Å². The highest BCUT2D eigenvalue weighted by molar-refractivity contribution is 5.86. The first-order valence-electron chi connectivity index (χ1n) is 11.2. The van der Waals surface area contributed by atoms with Crippen LogP contribution in [0.4, 0.5) is 15.4 Å². The molecule has 0 aliphatic carbocycles. The third kappa shape index (κ3) is 6.22. The van der Waals surface area contributed by atoms with Gasteiger partial charge in [0, 0.05) is 19.3 Å². The van der Waals surface area contributed by atoms with Gasteiger partial charge in [0.1, 0.15) is 18.0 Å². The van der Waals surface area contributed by atoms with Crippen LogP contribution >= 0.6 is 0 Å². The van der Waals surface area contributed by atoms with Crippen LogP contribution in [0.2, 0.25) is 0 Å². The summed E-state index contributed by atoms with van der Waals surface area (Å²) in [6.45, 7) is 8.96. The minimum Gasteiger partial charge on any atom is -0.445 e. The second kappa shape index (κ2) is 10.5. The lowest BCUT2D eigenvalue weighted by Gasteiger charge is -2.27. The van der Waals surface area contributed by atoms with Gasteiger partial charge in [-0.25, -0.2) is 14.6 Å². The number of benzene rings is 1. The Bertz CT molecular complexity index is 894. The standard InChI is InChI=1S/C25H33N3O4/c1-5-15-28(24(30)32-25(2,3)4)22-14-13-20(17-26-22)21-12-9-16-27(21)23(29)31-18-19-10-7-6-8-11-19/h6-8,10-11,13-14,17,21H,5,9,12,15-16,18H2,1-4H3/t21-/m0/s1. The van der Waals surface area contributed by atoms with E-state index in [4.69, 9.17) is 9.47 Å². The first-order chi connectivity index (χ1) is 15.3. The topological polar surface area (TPSA) is 72.0 Å². The number of rotatable bonds is 6. The SMILES string of the molecule is CCCN(C(=O)OC(C)(C)C)c1ccc([C@@H]2CCCN2C(=O)OCc2ccccc2)cn1. The van der Waals surface area contributed by atoms with E-state index < -0.39 is 11.7 Å². The molecule has 1 saturated heterocycles. The Balaban J connectivity index is 1.68. The van der Waals surface area contributed by atoms with Crippen molar-refractivity contribution in [3.63, 3.8) is 0 Å². The molecule has 1 aromatic carbocycles. The average molecular weight is 440 g/mol. The summed E-state index contributed by atoms with van der Waals surface area (Å²) in [4.78, 5) is 33.2. The molecule has 0 saturated carbocycles. The first kappa shape index (κ1) is 23.6. The van der Waals surface area contributed by atoms with Gasteiger partial charge in [0.05, 0.1) is 6.04 Å². The monoisotopic (exact) mass is 439 g/mol. The molecule has 1 aromatic heterocycles. The first-order valence-corrected chi connectivity index (χ1v) is 11.2. The Labute approximate surface area is 190 Å². The number of hydrogen-bond donors (Lipinski definition) is 0. The van der Waals surface area contributed by atoms with Crippen molar-refractivity contribution in [2.24, 2.45) is 0 Å². The maximum atomic E-state index is 12.7. The highest BCUT2D eigenvalue weighted by Gasteiger charge is 2.32. The number of carbonyl (C=O) groups is 2. The fourth-order valence-electron chi connectivity index (χ4n) is 3.73. The molecule has 0 N–H and O–H groups in total. The van der Waals surface area contributed by atoms with Gasteiger partial charge in [0.15, 0.2) is 0 Å². The maximum absolute atomic E-state index is 12.7. The fraction of sp³-hybridized carbons (Fsp3) is 0.480. The molecule has 1 fully saturated rings. The molecular weight excluding hydrogens is 406 g/mol. The Morgan fingerprint density at radius 3 is 2.53 bits per heavy atom. The van der Waals surface area contributed by atoms with Gasteiger partial charge < -0.3 is 14.4 Å². The second-order valence-electron chi connectivity index (χ2n) is 8.97. The molecule has 1 aliphatic rings. The minimum absolute atomic E-state index is 0.0824. The number of amides is 2. The van der Waals surface area contributed by atoms with Crippen molar-refractivity contribution in [1.82, 2.24) is 9.88 Å². The Morgan fingerprint density at radius 2 is 1.91 bits per heavy atom. The van der Waals surface area contributed by atoms with Gasteiger partial charge >= 0.3 is 12.2 Å². The summed E-state index contributed by atoms with van der Waals surface area (Å²) in [5.74, 6) is 0.543. The number of anilines is 1. The largest absolute Gasteiger partial charge is 0.445 e. The van der Waals surface area contributed by atoms with Gasteiger partial charge in [-0.3, -0.25) is 4.90 Å². The second-order valence-corrected chi connectivity index (χ2v) is 8.97. The van der Waals surface area contributed by atoms with Crippen LogP contribution in [0.5, 0.6) is 0 Å². The molecule has 2 heterocycles. The van der Waals surface area contributed by atoms with Gasteiger partial charge in [-0.15, -0.1) is 0 Å². The van der Waals surface area contributed by atoms with E-state index in [2.05, 4.69) is 4.98 Å². The van der Waals surface area contributed by atoms with Gasteiger partial charge in [0.25, 0.3) is 0 Å². The number of ether oxygens (including phenoxy) is 2. The van der Waals surface area contributed by atoms with Crippen LogP contribution in [0.15, 0.2) is 48.7 Å². The van der Waals surface area contributed by atoms with Crippen LogP contribution in [0.25, 0.3) is 0 Å². The zero-order chi connectivity index (χ0) is 23.1. The molecule has 0 radical (unpaired) electrons. The van der Waals surface area contributed by atoms with E-state index in [9.17, 15) is 9.59 Å². The van der Waals surface area contributed by atoms with Gasteiger partial charge in [-0.05, 0) is 57.2 Å². The van der Waals surface area contributed by atoms with Crippen LogP contribution < -0.4 is 4.90 Å². The molecule has 1 atom stereocenters. The molecule has 2 aromatic rings. The summed E-state index contributed by atoms with van der Waals surface area (Å²) in [6.07, 6.45) is 3.56. The summed E-state index contributed by atoms with van der Waals surface area (Å²) in [5.41, 5.74) is 1.32. The molecule has 7 nitrogen and oxygen atoms in total. The molecule has 2 amide bonds. The molecule has 1 aliphatic heterocycles. The smallest absolute Gasteiger partial charge is 0.416 e. The van der Waals surface area contributed by atoms with E-state index in [0.717, 1.165) is 30.4 Å². The lowest BCUT2D eigenvalue weighted by molar-refractivity contribution is 0.0579. The maximum Gasteiger partial charge on any atom is 0.416 e. The lowest BCUT2D eigenvalue weighted by Crippen LogP contribution is -2.38. The van der Waals surface area contributed by atoms with Crippen molar-refractivity contribution in [1.29, 1.82) is 0 Å². The summed E-state index contributed by atoms with van der Waals surface area (Å²) >= 11 is 0. The normalized spacial score (nSPS) is 16.0. The van der Waals surface area contributed by atoms with E-state index >= 15 is 0 Å². The number of nitrogens with zero attached hydrogens (tertiary/aromatic N) is 3. The summed E-state index contributed by atoms with van der Waals surface area (Å²) in [5, 5.41) is 0. The van der Waals surface area contributed by atoms with Crippen molar-refractivity contribution in [2.75, 3.05) is 18.0 Å². The third-order valence-corrected chi connectivity index (χ3v) is 5.19. The van der Waals surface area contributed by atoms with Crippen LogP contribution in [-0.4, -0.2) is 40.8 Å². The lowest BCUT2D eigenvalue weighted by atomic mass is 10.1. The van der Waals surface area contributed by atoms with Gasteiger partial charge in [-0.1, -0.05) is 43.3 Å². The van der Waals surface area contributed by atoms with E-state index in [0.29, 0.717) is 18.9 Å². The molecule has 172 valence electrons. The van der Waals surface area contributed by atoms with Crippen molar-refractivity contribution in [3.8, 4) is 0 Å². The van der Waals surface area contributed by atoms with Crippen LogP contribution in [0.3, 0.4) is 0 Å². The fourth-order valence-corrected chi connectivity index (χ4v) is 3.73. The van der Waals surface area contributed by atoms with Crippen LogP contribution in [0, 0.1) is 0 Å². The Hall–Kier alpha value is -3.09. The predicted molar refractivity (Wildman–Crippen MR) is 123 cm³/mol. The summed E-state index contributed by atoms with van der Waals surface area (Å²) < 4.78 is 11.1. The summed E-state index contributed by atoms with van der Waals surface area (Å²) in [6, 6.07) is 13.3. The van der Waals surface area contributed by atoms with Crippen molar-refractivity contribution >= 4 is 18.0 Å². The predicted octanol–water partition coefficient (Wildman–Crippen LogP) is 5.71. The number of likely N-dealkylation sites (tertiary alicyclic amines) is 1. The van der Waals surface area contributed by atoms with Crippen molar-refractivity contribution < 1.29 is 19.1 Å². The molecule has 0 bridgehead atoms. The quantitative estimate of drug-likeness (QED) is 0.577. The molecule has 32 heavy (non-hydrogen) atoms. The number of aromatic nitrogens is 1. The molecule has 7 heteroatoms. The van der Waals surface area contributed by atoms with Crippen molar-refractivity contribution in [2.45, 2.75) is 65.2 Å². The summed E-state index contributed by atoms with van der Waals surface area (Å²) in [7, 11) is 0. The number of hydrogen-bond acceptors (Lipinski definition) is 5. The zero-order valence-electron chi connectivity index (χ0n) is 19.4. The number of pyridine rings is 1. The highest BCUT2D eigenvalue weighted by Crippen LogP contribution is 2.33. The minimum atomic E-state index is -0.576. The zero-order valence-corrected chi connectivity index (χ0v) is 19.4. The van der Waals surface area contributed by atoms with Crippen LogP contribution in [0.1, 0.15) is 64.1 Å². The van der Waals surface area contributed by atoms with E-state index in [1.807, 2.05) is 70.2 Å². The average Bonchev–Trinajstić information content (AvgIpc) is 3.25. The third-order valence-electron chi connectivity index (χ3n) is 5.19. The van der Waals surface area contributed by atoms with Gasteiger partial charge in [0.2, 0.25) is 0 Å².